The van der Waals surface area contributed by atoms with Crippen LogP contribution in [0, 0.1) is 5.82 Å². The fourth-order valence-corrected chi connectivity index (χ4v) is 3.56. The standard InChI is InChI=1S/C21H15F4N5O/c22-16-17-15(10-27-20(16)30-6-3-7-30)28-19(29-17)14-8-11(9-26-14)18(31)12-4-1-2-5-13(12)21(23,24)25/h1-2,4-5,8-10,26H,3,6-7H2,(H,28,29). The number of nitrogens with one attached hydrogen (secondary N) is 2. The van der Waals surface area contributed by atoms with Gasteiger partial charge in [-0.3, -0.25) is 4.79 Å². The van der Waals surface area contributed by atoms with Crippen LogP contribution in [0.3, 0.4) is 0 Å². The highest BCUT2D eigenvalue weighted by atomic mass is 19.4. The van der Waals surface area contributed by atoms with E-state index in [-0.39, 0.29) is 22.7 Å². The molecule has 1 aromatic carbocycles. The van der Waals surface area contributed by atoms with Crippen molar-refractivity contribution >= 4 is 22.6 Å². The van der Waals surface area contributed by atoms with Crippen LogP contribution in [0.15, 0.2) is 42.7 Å². The number of alkyl halides is 3. The predicted octanol–water partition coefficient (Wildman–Crippen LogP) is 4.55. The summed E-state index contributed by atoms with van der Waals surface area (Å²) in [4.78, 5) is 28.7. The molecule has 0 spiro atoms. The molecule has 0 atom stereocenters. The summed E-state index contributed by atoms with van der Waals surface area (Å²) in [5, 5.41) is 0. The lowest BCUT2D eigenvalue weighted by molar-refractivity contribution is -0.137. The number of pyridine rings is 1. The number of fused-ring (bicyclic) bond motifs is 1. The zero-order valence-corrected chi connectivity index (χ0v) is 15.9. The molecule has 0 aliphatic carbocycles. The molecule has 0 unspecified atom stereocenters. The molecule has 10 heteroatoms. The Labute approximate surface area is 172 Å². The van der Waals surface area contributed by atoms with Crippen molar-refractivity contribution in [3.8, 4) is 11.5 Å². The van der Waals surface area contributed by atoms with E-state index in [4.69, 9.17) is 0 Å². The maximum absolute atomic E-state index is 14.8. The van der Waals surface area contributed by atoms with E-state index < -0.39 is 28.9 Å². The molecule has 0 radical (unpaired) electrons. The summed E-state index contributed by atoms with van der Waals surface area (Å²) in [5.74, 6) is -0.794. The topological polar surface area (TPSA) is 77.7 Å². The fraction of sp³-hybridized carbons (Fsp3) is 0.190. The first-order chi connectivity index (χ1) is 14.8. The number of rotatable bonds is 4. The fourth-order valence-electron chi connectivity index (χ4n) is 3.56. The summed E-state index contributed by atoms with van der Waals surface area (Å²) < 4.78 is 54.6. The van der Waals surface area contributed by atoms with Gasteiger partial charge < -0.3 is 14.9 Å². The molecule has 0 amide bonds. The van der Waals surface area contributed by atoms with Crippen molar-refractivity contribution in [1.29, 1.82) is 0 Å². The molecule has 1 fully saturated rings. The molecule has 1 saturated heterocycles. The van der Waals surface area contributed by atoms with Crippen LogP contribution in [-0.4, -0.2) is 38.8 Å². The number of H-pyrrole nitrogens is 2. The Morgan fingerprint density at radius 3 is 2.65 bits per heavy atom. The first-order valence-electron chi connectivity index (χ1n) is 9.52. The van der Waals surface area contributed by atoms with E-state index in [0.29, 0.717) is 11.2 Å². The lowest BCUT2D eigenvalue weighted by Crippen LogP contribution is -2.38. The smallest absolute Gasteiger partial charge is 0.358 e. The second-order valence-electron chi connectivity index (χ2n) is 7.26. The highest BCUT2D eigenvalue weighted by Gasteiger charge is 2.35. The number of hydrogen-bond donors (Lipinski definition) is 2. The van der Waals surface area contributed by atoms with Gasteiger partial charge in [0.25, 0.3) is 0 Å². The molecular formula is C21H15F4N5O. The largest absolute Gasteiger partial charge is 0.417 e. The number of imidazole rings is 1. The molecule has 4 heterocycles. The van der Waals surface area contributed by atoms with Gasteiger partial charge in [0, 0.05) is 30.4 Å². The lowest BCUT2D eigenvalue weighted by Gasteiger charge is -2.32. The van der Waals surface area contributed by atoms with Gasteiger partial charge in [0.1, 0.15) is 11.0 Å². The van der Waals surface area contributed by atoms with E-state index >= 15 is 0 Å². The number of anilines is 1. The SMILES string of the molecule is O=C(c1c[nH]c(-c2nc3cnc(N4CCC4)c(F)c3[nH]2)c1)c1ccccc1C(F)(F)F. The Balaban J connectivity index is 1.49. The van der Waals surface area contributed by atoms with Crippen LogP contribution < -0.4 is 4.90 Å². The van der Waals surface area contributed by atoms with Crippen LogP contribution in [0.4, 0.5) is 23.4 Å². The van der Waals surface area contributed by atoms with Crippen molar-refractivity contribution in [2.75, 3.05) is 18.0 Å². The quantitative estimate of drug-likeness (QED) is 0.369. The first-order valence-corrected chi connectivity index (χ1v) is 9.52. The number of nitrogens with zero attached hydrogens (tertiary/aromatic N) is 3. The average molecular weight is 429 g/mol. The van der Waals surface area contributed by atoms with Gasteiger partial charge in [0.05, 0.1) is 17.5 Å². The average Bonchev–Trinajstić information content (AvgIpc) is 3.35. The minimum Gasteiger partial charge on any atom is -0.358 e. The summed E-state index contributed by atoms with van der Waals surface area (Å²) in [6, 6.07) is 5.99. The van der Waals surface area contributed by atoms with Crippen molar-refractivity contribution in [2.45, 2.75) is 12.6 Å². The van der Waals surface area contributed by atoms with Crippen LogP contribution in [0.25, 0.3) is 22.6 Å². The van der Waals surface area contributed by atoms with E-state index in [1.165, 1.54) is 30.6 Å². The van der Waals surface area contributed by atoms with Crippen LogP contribution in [0.2, 0.25) is 0 Å². The van der Waals surface area contributed by atoms with Gasteiger partial charge >= 0.3 is 6.18 Å². The van der Waals surface area contributed by atoms with Crippen molar-refractivity contribution in [2.24, 2.45) is 0 Å². The van der Waals surface area contributed by atoms with Crippen LogP contribution in [-0.2, 0) is 6.18 Å². The molecule has 158 valence electrons. The van der Waals surface area contributed by atoms with E-state index in [2.05, 4.69) is 19.9 Å². The Morgan fingerprint density at radius 1 is 1.16 bits per heavy atom. The third-order valence-corrected chi connectivity index (χ3v) is 5.29. The van der Waals surface area contributed by atoms with Crippen LogP contribution in [0.1, 0.15) is 27.9 Å². The predicted molar refractivity (Wildman–Crippen MR) is 105 cm³/mol. The lowest BCUT2D eigenvalue weighted by atomic mass is 9.99. The highest BCUT2D eigenvalue weighted by molar-refractivity contribution is 6.10. The van der Waals surface area contributed by atoms with Gasteiger partial charge in [0.2, 0.25) is 0 Å². The Morgan fingerprint density at radius 2 is 1.94 bits per heavy atom. The number of hydrogen-bond acceptors (Lipinski definition) is 4. The third kappa shape index (κ3) is 3.24. The first kappa shape index (κ1) is 19.3. The molecule has 0 bridgehead atoms. The summed E-state index contributed by atoms with van der Waals surface area (Å²) in [7, 11) is 0. The highest BCUT2D eigenvalue weighted by Crippen LogP contribution is 2.33. The van der Waals surface area contributed by atoms with E-state index in [0.717, 1.165) is 31.6 Å². The van der Waals surface area contributed by atoms with Gasteiger partial charge in [-0.2, -0.15) is 13.2 Å². The van der Waals surface area contributed by atoms with Crippen molar-refractivity contribution in [3.63, 3.8) is 0 Å². The maximum atomic E-state index is 14.8. The minimum absolute atomic E-state index is 0.0343. The number of carbonyl (C=O) groups excluding carboxylic acids is 1. The van der Waals surface area contributed by atoms with Crippen molar-refractivity contribution in [3.05, 3.63) is 65.2 Å². The normalized spacial score (nSPS) is 14.1. The molecular weight excluding hydrogens is 414 g/mol. The monoisotopic (exact) mass is 429 g/mol. The number of aromatic nitrogens is 4. The van der Waals surface area contributed by atoms with Crippen LogP contribution in [0.5, 0.6) is 0 Å². The summed E-state index contributed by atoms with van der Waals surface area (Å²) >= 11 is 0. The number of aromatic amines is 2. The van der Waals surface area contributed by atoms with Crippen LogP contribution >= 0.6 is 0 Å². The summed E-state index contributed by atoms with van der Waals surface area (Å²) in [5.41, 5.74) is -0.586. The molecule has 5 rings (SSSR count). The maximum Gasteiger partial charge on any atom is 0.417 e. The molecule has 31 heavy (non-hydrogen) atoms. The second kappa shape index (κ2) is 6.93. The Bertz CT molecular complexity index is 1300. The number of carbonyl (C=O) groups is 1. The number of ketones is 1. The molecule has 4 aromatic rings. The molecule has 6 nitrogen and oxygen atoms in total. The van der Waals surface area contributed by atoms with Crippen molar-refractivity contribution in [1.82, 2.24) is 19.9 Å². The van der Waals surface area contributed by atoms with Gasteiger partial charge in [-0.25, -0.2) is 14.4 Å². The van der Waals surface area contributed by atoms with E-state index in [9.17, 15) is 22.4 Å². The zero-order valence-electron chi connectivity index (χ0n) is 15.9. The number of benzene rings is 1. The molecule has 1 aliphatic heterocycles. The molecule has 0 saturated carbocycles. The van der Waals surface area contributed by atoms with E-state index in [1.54, 1.807) is 0 Å². The van der Waals surface area contributed by atoms with Gasteiger partial charge in [-0.15, -0.1) is 0 Å². The Hall–Kier alpha value is -3.69. The third-order valence-electron chi connectivity index (χ3n) is 5.29. The minimum atomic E-state index is -4.65. The van der Waals surface area contributed by atoms with Gasteiger partial charge in [-0.1, -0.05) is 18.2 Å². The molecule has 1 aliphatic rings. The zero-order chi connectivity index (χ0) is 21.8. The van der Waals surface area contributed by atoms with E-state index in [1.807, 2.05) is 4.90 Å². The number of halogens is 4. The van der Waals surface area contributed by atoms with Gasteiger partial charge in [0.15, 0.2) is 23.2 Å². The summed E-state index contributed by atoms with van der Waals surface area (Å²) in [6.07, 6.45) is -0.911. The summed E-state index contributed by atoms with van der Waals surface area (Å²) in [6.45, 7) is 1.47. The second-order valence-corrected chi connectivity index (χ2v) is 7.26. The van der Waals surface area contributed by atoms with Gasteiger partial charge in [-0.05, 0) is 18.6 Å². The Kier molecular flexibility index (Phi) is 4.31. The van der Waals surface area contributed by atoms with Crippen molar-refractivity contribution < 1.29 is 22.4 Å². The molecule has 3 aromatic heterocycles. The molecule has 2 N–H and O–H groups in total.